The molecule has 0 radical (unpaired) electrons. The van der Waals surface area contributed by atoms with Crippen molar-refractivity contribution in [3.05, 3.63) is 12.4 Å². The maximum Gasteiger partial charge on any atom is 0.243 e. The zero-order chi connectivity index (χ0) is 15.3. The Morgan fingerprint density at radius 1 is 1.29 bits per heavy atom. The van der Waals surface area contributed by atoms with E-state index in [1.807, 2.05) is 0 Å². The van der Waals surface area contributed by atoms with Gasteiger partial charge in [0.15, 0.2) is 0 Å². The van der Waals surface area contributed by atoms with Crippen molar-refractivity contribution < 1.29 is 8.42 Å². The number of hydrogen-bond donors (Lipinski definition) is 2. The van der Waals surface area contributed by atoms with Crippen LogP contribution in [0.15, 0.2) is 17.3 Å². The Balaban J connectivity index is 1.83. The highest BCUT2D eigenvalue weighted by Gasteiger charge is 2.19. The van der Waals surface area contributed by atoms with Gasteiger partial charge in [0.05, 0.1) is 12.4 Å². The summed E-state index contributed by atoms with van der Waals surface area (Å²) in [4.78, 5) is 10.3. The highest BCUT2D eigenvalue weighted by atomic mass is 32.2. The van der Waals surface area contributed by atoms with Crippen molar-refractivity contribution in [2.75, 3.05) is 39.0 Å². The van der Waals surface area contributed by atoms with Gasteiger partial charge in [-0.05, 0) is 45.3 Å². The first kappa shape index (κ1) is 16.1. The van der Waals surface area contributed by atoms with Gasteiger partial charge in [-0.25, -0.2) is 23.1 Å². The first-order chi connectivity index (χ1) is 10.0. The standard InChI is InChI=1S/C13H23N5O2S/c1-14-13-15-9-12(10-16-13)21(19,20)17-6-3-11-4-7-18(2)8-5-11/h9-11,17H,3-8H2,1-2H3,(H,14,15,16). The van der Waals surface area contributed by atoms with Crippen LogP contribution in [0.3, 0.4) is 0 Å². The molecule has 2 N–H and O–H groups in total. The minimum atomic E-state index is -3.51. The topological polar surface area (TPSA) is 87.2 Å². The first-order valence-corrected chi connectivity index (χ1v) is 8.67. The molecule has 0 aliphatic carbocycles. The summed E-state index contributed by atoms with van der Waals surface area (Å²) >= 11 is 0. The third-order valence-corrected chi connectivity index (χ3v) is 5.26. The number of rotatable bonds is 6. The maximum atomic E-state index is 12.1. The number of anilines is 1. The summed E-state index contributed by atoms with van der Waals surface area (Å²) in [6.07, 6.45) is 5.78. The highest BCUT2D eigenvalue weighted by molar-refractivity contribution is 7.89. The van der Waals surface area contributed by atoms with Crippen molar-refractivity contribution in [1.82, 2.24) is 19.6 Å². The molecule has 0 unspecified atom stereocenters. The number of likely N-dealkylation sites (tertiary alicyclic amines) is 1. The van der Waals surface area contributed by atoms with Crippen LogP contribution in [-0.2, 0) is 10.0 Å². The lowest BCUT2D eigenvalue weighted by Gasteiger charge is -2.28. The molecular formula is C13H23N5O2S. The van der Waals surface area contributed by atoms with Crippen LogP contribution in [-0.4, -0.2) is 57.0 Å². The van der Waals surface area contributed by atoms with E-state index in [-0.39, 0.29) is 4.90 Å². The molecule has 1 fully saturated rings. The first-order valence-electron chi connectivity index (χ1n) is 7.19. The van der Waals surface area contributed by atoms with Gasteiger partial charge in [0.2, 0.25) is 16.0 Å². The summed E-state index contributed by atoms with van der Waals surface area (Å²) in [7, 11) is 0.293. The van der Waals surface area contributed by atoms with Crippen LogP contribution in [0.1, 0.15) is 19.3 Å². The molecule has 7 nitrogen and oxygen atoms in total. The number of nitrogens with zero attached hydrogens (tertiary/aromatic N) is 3. The second kappa shape index (κ2) is 7.15. The molecule has 1 aliphatic heterocycles. The van der Waals surface area contributed by atoms with Crippen molar-refractivity contribution >= 4 is 16.0 Å². The number of nitrogens with one attached hydrogen (secondary N) is 2. The van der Waals surface area contributed by atoms with Crippen molar-refractivity contribution in [2.45, 2.75) is 24.2 Å². The fourth-order valence-electron chi connectivity index (χ4n) is 2.42. The molecule has 0 bridgehead atoms. The van der Waals surface area contributed by atoms with E-state index >= 15 is 0 Å². The third kappa shape index (κ3) is 4.62. The molecular weight excluding hydrogens is 290 g/mol. The average Bonchev–Trinajstić information content (AvgIpc) is 2.49. The van der Waals surface area contributed by atoms with Crippen LogP contribution in [0.4, 0.5) is 5.95 Å². The number of piperidine rings is 1. The quantitative estimate of drug-likeness (QED) is 0.796. The normalized spacial score (nSPS) is 17.8. The summed E-state index contributed by atoms with van der Waals surface area (Å²) in [5.41, 5.74) is 0. The Bertz CT molecular complexity index is 538. The van der Waals surface area contributed by atoms with Crippen LogP contribution in [0.25, 0.3) is 0 Å². The molecule has 0 aromatic carbocycles. The van der Waals surface area contributed by atoms with Gasteiger partial charge in [0, 0.05) is 13.6 Å². The lowest BCUT2D eigenvalue weighted by Crippen LogP contribution is -2.32. The summed E-state index contributed by atoms with van der Waals surface area (Å²) in [5, 5.41) is 2.75. The van der Waals surface area contributed by atoms with Crippen LogP contribution < -0.4 is 10.0 Å². The summed E-state index contributed by atoms with van der Waals surface area (Å²) in [5.74, 6) is 1.01. The van der Waals surface area contributed by atoms with E-state index in [2.05, 4.69) is 32.0 Å². The van der Waals surface area contributed by atoms with Crippen molar-refractivity contribution in [2.24, 2.45) is 5.92 Å². The molecule has 118 valence electrons. The van der Waals surface area contributed by atoms with Gasteiger partial charge in [-0.1, -0.05) is 0 Å². The smallest absolute Gasteiger partial charge is 0.243 e. The van der Waals surface area contributed by atoms with Gasteiger partial charge in [-0.3, -0.25) is 0 Å². The molecule has 1 aliphatic rings. The molecule has 0 atom stereocenters. The van der Waals surface area contributed by atoms with Gasteiger partial charge in [-0.2, -0.15) is 0 Å². The van der Waals surface area contributed by atoms with E-state index in [0.717, 1.165) is 32.4 Å². The lowest BCUT2D eigenvalue weighted by molar-refractivity contribution is 0.213. The number of sulfonamides is 1. The molecule has 2 heterocycles. The molecule has 21 heavy (non-hydrogen) atoms. The predicted octanol–water partition coefficient (Wildman–Crippen LogP) is 0.529. The zero-order valence-electron chi connectivity index (χ0n) is 12.5. The third-order valence-electron chi connectivity index (χ3n) is 3.84. The van der Waals surface area contributed by atoms with Crippen LogP contribution in [0, 0.1) is 5.92 Å². The minimum Gasteiger partial charge on any atom is -0.357 e. The molecule has 1 aromatic heterocycles. The van der Waals surface area contributed by atoms with E-state index in [0.29, 0.717) is 18.4 Å². The van der Waals surface area contributed by atoms with E-state index in [1.54, 1.807) is 7.05 Å². The number of aromatic nitrogens is 2. The maximum absolute atomic E-state index is 12.1. The van der Waals surface area contributed by atoms with Gasteiger partial charge in [0.1, 0.15) is 4.90 Å². The molecule has 0 spiro atoms. The Kier molecular flexibility index (Phi) is 5.49. The summed E-state index contributed by atoms with van der Waals surface area (Å²) in [6.45, 7) is 2.65. The second-order valence-electron chi connectivity index (χ2n) is 5.43. The fourth-order valence-corrected chi connectivity index (χ4v) is 3.35. The summed E-state index contributed by atoms with van der Waals surface area (Å²) in [6, 6.07) is 0. The zero-order valence-corrected chi connectivity index (χ0v) is 13.4. The van der Waals surface area contributed by atoms with E-state index < -0.39 is 10.0 Å². The Morgan fingerprint density at radius 3 is 2.48 bits per heavy atom. The van der Waals surface area contributed by atoms with Gasteiger partial charge >= 0.3 is 0 Å². The average molecular weight is 313 g/mol. The van der Waals surface area contributed by atoms with Crippen molar-refractivity contribution in [1.29, 1.82) is 0 Å². The largest absolute Gasteiger partial charge is 0.357 e. The van der Waals surface area contributed by atoms with Crippen LogP contribution in [0.5, 0.6) is 0 Å². The van der Waals surface area contributed by atoms with Crippen molar-refractivity contribution in [3.8, 4) is 0 Å². The molecule has 0 amide bonds. The van der Waals surface area contributed by atoms with Gasteiger partial charge in [-0.15, -0.1) is 0 Å². The molecule has 0 saturated carbocycles. The molecule has 1 saturated heterocycles. The molecule has 8 heteroatoms. The monoisotopic (exact) mass is 313 g/mol. The molecule has 2 rings (SSSR count). The Hall–Kier alpha value is -1.25. The predicted molar refractivity (Wildman–Crippen MR) is 81.6 cm³/mol. The van der Waals surface area contributed by atoms with Crippen LogP contribution >= 0.6 is 0 Å². The van der Waals surface area contributed by atoms with Crippen molar-refractivity contribution in [3.63, 3.8) is 0 Å². The minimum absolute atomic E-state index is 0.102. The van der Waals surface area contributed by atoms with Gasteiger partial charge in [0.25, 0.3) is 0 Å². The summed E-state index contributed by atoms with van der Waals surface area (Å²) < 4.78 is 26.8. The Morgan fingerprint density at radius 2 is 1.90 bits per heavy atom. The van der Waals surface area contributed by atoms with E-state index in [9.17, 15) is 8.42 Å². The number of hydrogen-bond acceptors (Lipinski definition) is 6. The SMILES string of the molecule is CNc1ncc(S(=O)(=O)NCCC2CCN(C)CC2)cn1. The van der Waals surface area contributed by atoms with E-state index in [4.69, 9.17) is 0 Å². The fraction of sp³-hybridized carbons (Fsp3) is 0.692. The Labute approximate surface area is 126 Å². The van der Waals surface area contributed by atoms with Crippen LogP contribution in [0.2, 0.25) is 0 Å². The van der Waals surface area contributed by atoms with E-state index in [1.165, 1.54) is 12.4 Å². The molecule has 1 aromatic rings. The van der Waals surface area contributed by atoms with Gasteiger partial charge < -0.3 is 10.2 Å². The lowest BCUT2D eigenvalue weighted by atomic mass is 9.94. The highest BCUT2D eigenvalue weighted by Crippen LogP contribution is 2.19. The second-order valence-corrected chi connectivity index (χ2v) is 7.19.